The molecule has 44 heavy (non-hydrogen) atoms. The predicted molar refractivity (Wildman–Crippen MR) is 173 cm³/mol. The second-order valence-corrected chi connectivity index (χ2v) is 15.9. The third kappa shape index (κ3) is 3.57. The molecule has 0 amide bonds. The average molecular weight is 598 g/mol. The number of hydrogen-bond donors (Lipinski definition) is 4. The summed E-state index contributed by atoms with van der Waals surface area (Å²) >= 11 is 0. The Labute approximate surface area is 260 Å². The number of phenols is 2. The van der Waals surface area contributed by atoms with Crippen LogP contribution in [0.25, 0.3) is 10.9 Å². The maximum atomic E-state index is 12.6. The van der Waals surface area contributed by atoms with Crippen molar-refractivity contribution >= 4 is 16.9 Å². The number of H-pyrrole nitrogens is 1. The molecule has 7 rings (SSSR count). The molecule has 3 saturated carbocycles. The molecule has 234 valence electrons. The van der Waals surface area contributed by atoms with E-state index in [4.69, 9.17) is 4.74 Å². The molecule has 0 bridgehead atoms. The van der Waals surface area contributed by atoms with Crippen molar-refractivity contribution in [2.24, 2.45) is 27.6 Å². The average Bonchev–Trinajstić information content (AvgIpc) is 3.41. The highest BCUT2D eigenvalue weighted by atomic mass is 16.5. The van der Waals surface area contributed by atoms with Crippen molar-refractivity contribution < 1.29 is 24.9 Å². The molecule has 1 heterocycles. The summed E-state index contributed by atoms with van der Waals surface area (Å²) in [6.07, 6.45) is 11.0. The zero-order chi connectivity index (χ0) is 31.6. The minimum absolute atomic E-state index is 0.0498. The molecule has 4 N–H and O–H groups in total. The zero-order valence-corrected chi connectivity index (χ0v) is 27.2. The van der Waals surface area contributed by atoms with E-state index in [-0.39, 0.29) is 39.1 Å². The summed E-state index contributed by atoms with van der Waals surface area (Å²) in [7, 11) is 1.67. The number of aromatic amines is 1. The third-order valence-corrected chi connectivity index (χ3v) is 13.9. The van der Waals surface area contributed by atoms with Gasteiger partial charge < -0.3 is 25.0 Å². The summed E-state index contributed by atoms with van der Waals surface area (Å²) in [6, 6.07) is 7.95. The van der Waals surface area contributed by atoms with Crippen LogP contribution in [0.3, 0.4) is 0 Å². The molecular weight excluding hydrogens is 550 g/mol. The van der Waals surface area contributed by atoms with Crippen molar-refractivity contribution in [3.05, 3.63) is 64.4 Å². The second kappa shape index (κ2) is 9.08. The van der Waals surface area contributed by atoms with Crippen molar-refractivity contribution in [1.29, 1.82) is 0 Å². The Balaban J connectivity index is 1.46. The van der Waals surface area contributed by atoms with Gasteiger partial charge in [-0.05, 0) is 121 Å². The van der Waals surface area contributed by atoms with Crippen LogP contribution in [-0.4, -0.2) is 33.4 Å². The fraction of sp³-hybridized carbons (Fsp3) is 0.553. The standard InChI is InChI=1S/C38H47NO5/c1-21-31-24(25-20-39-27-16-22(44-7)8-9-23(25)27)17-29-36(4,26(31)18-28(40)32(21)41)13-15-38(6)30-19-35(3,33(42)43)11-10-34(30,2)12-14-37(29,38)5/h8-9,16-18,20,24,30,39-41H,10-15,19H2,1-7H3,(H,42,43)/t24?,30-,34-,35-,36+,37-,38+/m1/s1. The smallest absolute Gasteiger partial charge is 0.309 e. The van der Waals surface area contributed by atoms with Crippen molar-refractivity contribution in [3.63, 3.8) is 0 Å². The minimum atomic E-state index is -0.701. The summed E-state index contributed by atoms with van der Waals surface area (Å²) in [5, 5.41) is 33.5. The number of methoxy groups -OCH3 is 1. The number of fused-ring (bicyclic) bond motifs is 8. The van der Waals surface area contributed by atoms with Gasteiger partial charge in [-0.15, -0.1) is 0 Å². The van der Waals surface area contributed by atoms with Gasteiger partial charge in [-0.25, -0.2) is 0 Å². The number of allylic oxidation sites excluding steroid dienone is 2. The summed E-state index contributed by atoms with van der Waals surface area (Å²) in [6.45, 7) is 13.6. The molecule has 1 aromatic heterocycles. The third-order valence-electron chi connectivity index (χ3n) is 13.9. The maximum Gasteiger partial charge on any atom is 0.309 e. The lowest BCUT2D eigenvalue weighted by Crippen LogP contribution is -2.62. The lowest BCUT2D eigenvalue weighted by Gasteiger charge is -2.70. The SMILES string of the molecule is COc1ccc2c(C3C=C4[C@@](C)(CC[C@@]5(C)[C@@H]6C[C@](C)(C(=O)O)CC[C@]6(C)CC[C@]45C)c4cc(O)c(O)c(C)c43)c[nH]c2c1. The highest BCUT2D eigenvalue weighted by Gasteiger charge is 2.67. The van der Waals surface area contributed by atoms with Gasteiger partial charge >= 0.3 is 5.97 Å². The normalized spacial score (nSPS) is 37.8. The number of aromatic hydroxyl groups is 2. The zero-order valence-electron chi connectivity index (χ0n) is 27.2. The Morgan fingerprint density at radius 2 is 1.70 bits per heavy atom. The van der Waals surface area contributed by atoms with Crippen LogP contribution in [0.15, 0.2) is 42.1 Å². The lowest BCUT2D eigenvalue weighted by molar-refractivity contribution is -0.177. The number of benzene rings is 2. The van der Waals surface area contributed by atoms with Crippen molar-refractivity contribution in [2.45, 2.75) is 97.8 Å². The first kappa shape index (κ1) is 29.3. The Morgan fingerprint density at radius 1 is 0.977 bits per heavy atom. The topological polar surface area (TPSA) is 103 Å². The van der Waals surface area contributed by atoms with Crippen LogP contribution in [0.5, 0.6) is 17.2 Å². The molecule has 0 saturated heterocycles. The number of ether oxygens (including phenoxy) is 1. The van der Waals surface area contributed by atoms with Gasteiger partial charge in [-0.2, -0.15) is 0 Å². The second-order valence-electron chi connectivity index (χ2n) is 15.9. The molecular formula is C38H47NO5. The first-order chi connectivity index (χ1) is 20.6. The van der Waals surface area contributed by atoms with E-state index >= 15 is 0 Å². The molecule has 0 aliphatic heterocycles. The van der Waals surface area contributed by atoms with E-state index in [1.807, 2.05) is 32.0 Å². The molecule has 1 unspecified atom stereocenters. The molecule has 4 aliphatic carbocycles. The Hall–Kier alpha value is -3.41. The summed E-state index contributed by atoms with van der Waals surface area (Å²) < 4.78 is 5.50. The van der Waals surface area contributed by atoms with Crippen molar-refractivity contribution in [1.82, 2.24) is 4.98 Å². The number of phenolic OH excluding ortho intramolecular Hbond substituents is 2. The van der Waals surface area contributed by atoms with E-state index in [1.54, 1.807) is 7.11 Å². The first-order valence-electron chi connectivity index (χ1n) is 16.3. The molecule has 7 atom stereocenters. The van der Waals surface area contributed by atoms with Gasteiger partial charge in [0, 0.05) is 34.5 Å². The van der Waals surface area contributed by atoms with Gasteiger partial charge in [0.25, 0.3) is 0 Å². The number of carbonyl (C=O) groups is 1. The monoisotopic (exact) mass is 597 g/mol. The Kier molecular flexibility index (Phi) is 6.05. The quantitative estimate of drug-likeness (QED) is 0.179. The highest BCUT2D eigenvalue weighted by molar-refractivity contribution is 5.86. The van der Waals surface area contributed by atoms with Crippen LogP contribution in [-0.2, 0) is 10.2 Å². The molecule has 6 nitrogen and oxygen atoms in total. The van der Waals surface area contributed by atoms with Gasteiger partial charge in [0.05, 0.1) is 12.5 Å². The first-order valence-corrected chi connectivity index (χ1v) is 16.3. The Morgan fingerprint density at radius 3 is 2.41 bits per heavy atom. The summed E-state index contributed by atoms with van der Waals surface area (Å²) in [5.41, 5.74) is 5.32. The molecule has 3 fully saturated rings. The van der Waals surface area contributed by atoms with Gasteiger partial charge in [0.2, 0.25) is 0 Å². The van der Waals surface area contributed by atoms with Gasteiger partial charge in [0.15, 0.2) is 11.5 Å². The lowest BCUT2D eigenvalue weighted by atomic mass is 9.34. The number of rotatable bonds is 3. The van der Waals surface area contributed by atoms with Crippen LogP contribution in [0.1, 0.15) is 108 Å². The number of nitrogens with one attached hydrogen (secondary N) is 1. The van der Waals surface area contributed by atoms with Crippen molar-refractivity contribution in [3.8, 4) is 17.2 Å². The van der Waals surface area contributed by atoms with E-state index in [0.29, 0.717) is 12.3 Å². The van der Waals surface area contributed by atoms with Crippen LogP contribution in [0.2, 0.25) is 0 Å². The predicted octanol–water partition coefficient (Wildman–Crippen LogP) is 8.72. The fourth-order valence-electron chi connectivity index (χ4n) is 10.7. The fourth-order valence-corrected chi connectivity index (χ4v) is 10.7. The molecule has 0 spiro atoms. The molecule has 4 aliphatic rings. The van der Waals surface area contributed by atoms with E-state index < -0.39 is 11.4 Å². The maximum absolute atomic E-state index is 12.6. The van der Waals surface area contributed by atoms with Crippen LogP contribution in [0.4, 0.5) is 0 Å². The molecule has 3 aromatic rings. The van der Waals surface area contributed by atoms with Crippen LogP contribution >= 0.6 is 0 Å². The highest BCUT2D eigenvalue weighted by Crippen LogP contribution is 2.75. The molecule has 6 heteroatoms. The summed E-state index contributed by atoms with van der Waals surface area (Å²) in [5.74, 6) is 0.190. The Bertz CT molecular complexity index is 1750. The number of carboxylic acids is 1. The van der Waals surface area contributed by atoms with Gasteiger partial charge in [-0.3, -0.25) is 4.79 Å². The number of hydrogen-bond acceptors (Lipinski definition) is 4. The molecule has 0 radical (unpaired) electrons. The largest absolute Gasteiger partial charge is 0.504 e. The van der Waals surface area contributed by atoms with E-state index in [0.717, 1.165) is 77.4 Å². The van der Waals surface area contributed by atoms with Crippen LogP contribution < -0.4 is 4.74 Å². The van der Waals surface area contributed by atoms with E-state index in [2.05, 4.69) is 51.0 Å². The van der Waals surface area contributed by atoms with Crippen molar-refractivity contribution in [2.75, 3.05) is 7.11 Å². The van der Waals surface area contributed by atoms with E-state index in [9.17, 15) is 20.1 Å². The van der Waals surface area contributed by atoms with E-state index in [1.165, 1.54) is 5.57 Å². The molecule has 2 aromatic carbocycles. The van der Waals surface area contributed by atoms with Gasteiger partial charge in [-0.1, -0.05) is 39.3 Å². The summed E-state index contributed by atoms with van der Waals surface area (Å²) in [4.78, 5) is 16.0. The van der Waals surface area contributed by atoms with Gasteiger partial charge in [0.1, 0.15) is 5.75 Å². The minimum Gasteiger partial charge on any atom is -0.504 e. The van der Waals surface area contributed by atoms with Crippen LogP contribution in [0, 0.1) is 34.5 Å². The number of aliphatic carboxylic acids is 1. The number of aromatic nitrogens is 1. The number of carboxylic acid groups (broad SMARTS) is 1.